The number of nitrogens with zero attached hydrogens (tertiary/aromatic N) is 1. The topological polar surface area (TPSA) is 52.3 Å². The van der Waals surface area contributed by atoms with E-state index in [2.05, 4.69) is 5.16 Å². The largest absolute Gasteiger partial charge is 0.463 e. The summed E-state index contributed by atoms with van der Waals surface area (Å²) in [6.07, 6.45) is 0.155. The molecule has 0 aliphatic carbocycles. The fourth-order valence-electron chi connectivity index (χ4n) is 1.20. The van der Waals surface area contributed by atoms with Crippen LogP contribution in [0, 0.1) is 13.8 Å². The van der Waals surface area contributed by atoms with Crippen molar-refractivity contribution in [3.05, 3.63) is 17.0 Å². The van der Waals surface area contributed by atoms with Gasteiger partial charge >= 0.3 is 5.97 Å². The van der Waals surface area contributed by atoms with Gasteiger partial charge in [-0.1, -0.05) is 5.16 Å². The van der Waals surface area contributed by atoms with Crippen LogP contribution in [-0.2, 0) is 16.0 Å². The predicted octanol–water partition coefficient (Wildman–Crippen LogP) is 1.79. The van der Waals surface area contributed by atoms with E-state index < -0.39 is 0 Å². The Labute approximate surface area is 83.2 Å². The highest BCUT2D eigenvalue weighted by Crippen LogP contribution is 2.13. The minimum absolute atomic E-state index is 0.0806. The number of carbonyl (C=O) groups is 1. The number of hydrogen-bond acceptors (Lipinski definition) is 4. The Kier molecular flexibility index (Phi) is 3.28. The quantitative estimate of drug-likeness (QED) is 0.693. The lowest BCUT2D eigenvalue weighted by molar-refractivity contribution is -0.146. The third-order valence-electron chi connectivity index (χ3n) is 1.87. The maximum absolute atomic E-state index is 11.3. The molecular weight excluding hydrogens is 182 g/mol. The molecule has 1 heterocycles. The molecule has 14 heavy (non-hydrogen) atoms. The van der Waals surface area contributed by atoms with Crippen LogP contribution < -0.4 is 0 Å². The normalized spacial score (nSPS) is 10.6. The summed E-state index contributed by atoms with van der Waals surface area (Å²) in [5.41, 5.74) is 1.58. The van der Waals surface area contributed by atoms with Gasteiger partial charge in [0.1, 0.15) is 5.76 Å². The van der Waals surface area contributed by atoms with Gasteiger partial charge in [-0.05, 0) is 27.7 Å². The second-order valence-corrected chi connectivity index (χ2v) is 3.52. The van der Waals surface area contributed by atoms with Crippen LogP contribution in [-0.4, -0.2) is 17.2 Å². The minimum Gasteiger partial charge on any atom is -0.463 e. The zero-order valence-electron chi connectivity index (χ0n) is 8.96. The van der Waals surface area contributed by atoms with Crippen LogP contribution in [0.2, 0.25) is 0 Å². The molecule has 0 radical (unpaired) electrons. The number of rotatable bonds is 3. The van der Waals surface area contributed by atoms with Crippen molar-refractivity contribution in [3.63, 3.8) is 0 Å². The van der Waals surface area contributed by atoms with Crippen LogP contribution in [0.25, 0.3) is 0 Å². The van der Waals surface area contributed by atoms with Gasteiger partial charge in [0, 0.05) is 5.56 Å². The number of carbonyl (C=O) groups excluding carboxylic acids is 1. The number of ether oxygens (including phenoxy) is 1. The maximum Gasteiger partial charge on any atom is 0.310 e. The second kappa shape index (κ2) is 4.26. The molecule has 0 saturated heterocycles. The fraction of sp³-hybridized carbons (Fsp3) is 0.600. The maximum atomic E-state index is 11.3. The van der Waals surface area contributed by atoms with Crippen molar-refractivity contribution in [1.82, 2.24) is 5.16 Å². The Morgan fingerprint density at radius 3 is 2.57 bits per heavy atom. The summed E-state index contributed by atoms with van der Waals surface area (Å²) in [7, 11) is 0. The highest BCUT2D eigenvalue weighted by molar-refractivity contribution is 5.73. The number of aryl methyl sites for hydroxylation is 2. The molecule has 1 aromatic rings. The van der Waals surface area contributed by atoms with Crippen molar-refractivity contribution in [2.24, 2.45) is 0 Å². The Hall–Kier alpha value is -1.32. The Balaban J connectivity index is 2.64. The van der Waals surface area contributed by atoms with Gasteiger partial charge in [0.05, 0.1) is 18.2 Å². The van der Waals surface area contributed by atoms with Gasteiger partial charge in [0.15, 0.2) is 0 Å². The Morgan fingerprint density at radius 1 is 1.50 bits per heavy atom. The molecule has 1 rings (SSSR count). The van der Waals surface area contributed by atoms with Crippen molar-refractivity contribution in [1.29, 1.82) is 0 Å². The van der Waals surface area contributed by atoms with Crippen LogP contribution >= 0.6 is 0 Å². The van der Waals surface area contributed by atoms with Crippen molar-refractivity contribution >= 4 is 5.97 Å². The molecule has 0 aliphatic heterocycles. The van der Waals surface area contributed by atoms with E-state index in [1.54, 1.807) is 6.92 Å². The summed E-state index contributed by atoms with van der Waals surface area (Å²) in [4.78, 5) is 11.3. The van der Waals surface area contributed by atoms with E-state index in [1.165, 1.54) is 0 Å². The Morgan fingerprint density at radius 2 is 2.14 bits per heavy atom. The van der Waals surface area contributed by atoms with E-state index in [0.29, 0.717) is 5.76 Å². The van der Waals surface area contributed by atoms with Crippen LogP contribution in [0.1, 0.15) is 30.9 Å². The van der Waals surface area contributed by atoms with Gasteiger partial charge in [0.2, 0.25) is 0 Å². The monoisotopic (exact) mass is 197 g/mol. The standard InChI is InChI=1S/C10H15NO3/c1-6(2)13-10(12)5-9-7(3)11-14-8(9)4/h6H,5H2,1-4H3. The lowest BCUT2D eigenvalue weighted by atomic mass is 10.1. The summed E-state index contributed by atoms with van der Waals surface area (Å²) in [5.74, 6) is 0.442. The average molecular weight is 197 g/mol. The predicted molar refractivity (Wildman–Crippen MR) is 50.9 cm³/mol. The molecule has 0 amide bonds. The van der Waals surface area contributed by atoms with Gasteiger partial charge in [0.25, 0.3) is 0 Å². The zero-order chi connectivity index (χ0) is 10.7. The van der Waals surface area contributed by atoms with E-state index >= 15 is 0 Å². The molecule has 0 N–H and O–H groups in total. The first-order valence-corrected chi connectivity index (χ1v) is 4.62. The van der Waals surface area contributed by atoms with Crippen molar-refractivity contribution < 1.29 is 14.1 Å². The molecule has 4 heteroatoms. The van der Waals surface area contributed by atoms with E-state index in [1.807, 2.05) is 20.8 Å². The summed E-state index contributed by atoms with van der Waals surface area (Å²) in [6, 6.07) is 0. The summed E-state index contributed by atoms with van der Waals surface area (Å²) >= 11 is 0. The molecule has 0 aromatic carbocycles. The van der Waals surface area contributed by atoms with E-state index in [4.69, 9.17) is 9.26 Å². The lowest BCUT2D eigenvalue weighted by Gasteiger charge is -2.06. The van der Waals surface area contributed by atoms with E-state index in [-0.39, 0.29) is 18.5 Å². The van der Waals surface area contributed by atoms with Crippen molar-refractivity contribution in [2.75, 3.05) is 0 Å². The van der Waals surface area contributed by atoms with Gasteiger partial charge in [-0.15, -0.1) is 0 Å². The SMILES string of the molecule is Cc1noc(C)c1CC(=O)OC(C)C. The number of esters is 1. The molecule has 1 aromatic heterocycles. The van der Waals surface area contributed by atoms with Crippen LogP contribution in [0.5, 0.6) is 0 Å². The molecule has 0 atom stereocenters. The molecule has 4 nitrogen and oxygen atoms in total. The van der Waals surface area contributed by atoms with E-state index in [9.17, 15) is 4.79 Å². The first kappa shape index (κ1) is 10.8. The van der Waals surface area contributed by atoms with Crippen molar-refractivity contribution in [2.45, 2.75) is 40.2 Å². The first-order chi connectivity index (χ1) is 6.50. The summed E-state index contributed by atoms with van der Waals surface area (Å²) in [5, 5.41) is 3.77. The lowest BCUT2D eigenvalue weighted by Crippen LogP contribution is -2.14. The fourth-order valence-corrected chi connectivity index (χ4v) is 1.20. The van der Waals surface area contributed by atoms with Crippen LogP contribution in [0.4, 0.5) is 0 Å². The minimum atomic E-state index is -0.241. The molecular formula is C10H15NO3. The Bertz CT molecular complexity index is 309. The third kappa shape index (κ3) is 2.58. The smallest absolute Gasteiger partial charge is 0.310 e. The molecule has 0 saturated carbocycles. The molecule has 0 aliphatic rings. The molecule has 0 spiro atoms. The molecule has 0 bridgehead atoms. The third-order valence-corrected chi connectivity index (χ3v) is 1.87. The molecule has 0 unspecified atom stereocenters. The summed E-state index contributed by atoms with van der Waals surface area (Å²) < 4.78 is 9.97. The van der Waals surface area contributed by atoms with Crippen LogP contribution in [0.15, 0.2) is 4.52 Å². The summed E-state index contributed by atoms with van der Waals surface area (Å²) in [6.45, 7) is 7.25. The van der Waals surface area contributed by atoms with Gasteiger partial charge in [-0.25, -0.2) is 0 Å². The van der Waals surface area contributed by atoms with Gasteiger partial charge in [-0.3, -0.25) is 4.79 Å². The van der Waals surface area contributed by atoms with Gasteiger partial charge < -0.3 is 9.26 Å². The highest BCUT2D eigenvalue weighted by Gasteiger charge is 2.14. The van der Waals surface area contributed by atoms with E-state index in [0.717, 1.165) is 11.3 Å². The van der Waals surface area contributed by atoms with Gasteiger partial charge in [-0.2, -0.15) is 0 Å². The number of hydrogen-bond donors (Lipinski definition) is 0. The highest BCUT2D eigenvalue weighted by atomic mass is 16.5. The number of aromatic nitrogens is 1. The second-order valence-electron chi connectivity index (χ2n) is 3.52. The van der Waals surface area contributed by atoms with Crippen molar-refractivity contribution in [3.8, 4) is 0 Å². The zero-order valence-corrected chi connectivity index (χ0v) is 8.96. The first-order valence-electron chi connectivity index (χ1n) is 4.62. The average Bonchev–Trinajstić information content (AvgIpc) is 2.34. The molecule has 0 fully saturated rings. The van der Waals surface area contributed by atoms with Crippen LogP contribution in [0.3, 0.4) is 0 Å². The molecule has 78 valence electrons.